The van der Waals surface area contributed by atoms with Gasteiger partial charge < -0.3 is 17.2 Å². The van der Waals surface area contributed by atoms with Crippen LogP contribution in [-0.2, 0) is 19.6 Å². The number of nitrogens with two attached hydrogens (primary N) is 3. The fourth-order valence-corrected chi connectivity index (χ4v) is 2.59. The molecule has 132 valence electrons. The first kappa shape index (κ1) is 17.8. The number of sulfonamides is 1. The summed E-state index contributed by atoms with van der Waals surface area (Å²) in [5.41, 5.74) is 17.0. The second-order valence-corrected chi connectivity index (χ2v) is 6.20. The zero-order valence-electron chi connectivity index (χ0n) is 12.4. The lowest BCUT2D eigenvalue weighted by Gasteiger charge is -2.07. The molecule has 1 aliphatic rings. The van der Waals surface area contributed by atoms with Gasteiger partial charge in [0, 0.05) is 0 Å². The molecule has 0 aromatic heterocycles. The van der Waals surface area contributed by atoms with Gasteiger partial charge in [-0.2, -0.15) is 23.7 Å². The molecule has 0 aliphatic carbocycles. The Bertz CT molecular complexity index is 888. The van der Waals surface area contributed by atoms with Crippen molar-refractivity contribution < 1.29 is 22.8 Å². The number of nitrogens with one attached hydrogen (secondary N) is 1. The van der Waals surface area contributed by atoms with E-state index in [9.17, 15) is 22.8 Å². The molecule has 13 nitrogen and oxygen atoms in total. The van der Waals surface area contributed by atoms with E-state index in [1.807, 2.05) is 5.43 Å². The highest BCUT2D eigenvalue weighted by Crippen LogP contribution is 2.19. The maximum Gasteiger partial charge on any atom is 0.340 e. The predicted octanol–water partition coefficient (Wildman–Crippen LogP) is -1.95. The van der Waals surface area contributed by atoms with Crippen molar-refractivity contribution in [2.24, 2.45) is 31.8 Å². The molecule has 0 radical (unpaired) electrons. The molecule has 1 aromatic carbocycles. The van der Waals surface area contributed by atoms with E-state index in [0.29, 0.717) is 5.01 Å². The highest BCUT2D eigenvalue weighted by molar-refractivity contribution is 7.90. The number of urea groups is 1. The Morgan fingerprint density at radius 3 is 2.20 bits per heavy atom. The van der Waals surface area contributed by atoms with Crippen molar-refractivity contribution >= 4 is 39.5 Å². The van der Waals surface area contributed by atoms with Gasteiger partial charge in [0.1, 0.15) is 0 Å². The number of nitrogens with zero attached hydrogens (tertiary/aromatic N) is 4. The number of imide groups is 1. The smallest absolute Gasteiger partial charge is 0.340 e. The van der Waals surface area contributed by atoms with E-state index in [-0.39, 0.29) is 10.6 Å². The lowest BCUT2D eigenvalue weighted by atomic mass is 10.3. The Labute approximate surface area is 140 Å². The first-order valence-corrected chi connectivity index (χ1v) is 7.86. The highest BCUT2D eigenvalue weighted by atomic mass is 32.2. The van der Waals surface area contributed by atoms with Crippen LogP contribution in [0.4, 0.5) is 10.5 Å². The van der Waals surface area contributed by atoms with Gasteiger partial charge in [-0.15, -0.1) is 4.40 Å². The molecule has 0 bridgehead atoms. The van der Waals surface area contributed by atoms with Crippen LogP contribution in [0.1, 0.15) is 0 Å². The summed E-state index contributed by atoms with van der Waals surface area (Å²) in [4.78, 5) is 34.0. The number of rotatable bonds is 4. The van der Waals surface area contributed by atoms with Crippen molar-refractivity contribution in [1.82, 2.24) is 10.4 Å². The topological polar surface area (TPSA) is 216 Å². The molecular weight excluding hydrogens is 356 g/mol. The summed E-state index contributed by atoms with van der Waals surface area (Å²) in [6.45, 7) is 0. The number of carbonyl (C=O) groups is 3. The molecule has 25 heavy (non-hydrogen) atoms. The summed E-state index contributed by atoms with van der Waals surface area (Å²) in [5.74, 6) is -2.47. The SMILES string of the molecule is NC(=O)N1NC(=O)C(N=Nc2ccc(S(=O)(=O)N=C(N)N)cc2)C1=O. The molecule has 1 aromatic rings. The lowest BCUT2D eigenvalue weighted by Crippen LogP contribution is -2.44. The van der Waals surface area contributed by atoms with Crippen molar-refractivity contribution in [3.05, 3.63) is 24.3 Å². The minimum Gasteiger partial charge on any atom is -0.369 e. The number of carbonyl (C=O) groups excluding carboxylic acids is 3. The summed E-state index contributed by atoms with van der Waals surface area (Å²) in [5, 5.41) is 7.49. The number of hydrogen-bond acceptors (Lipinski definition) is 7. The van der Waals surface area contributed by atoms with E-state index in [0.717, 1.165) is 12.1 Å². The number of guanidine groups is 1. The lowest BCUT2D eigenvalue weighted by molar-refractivity contribution is -0.127. The molecule has 14 heteroatoms. The van der Waals surface area contributed by atoms with E-state index >= 15 is 0 Å². The molecule has 1 fully saturated rings. The average Bonchev–Trinajstić information content (AvgIpc) is 2.79. The van der Waals surface area contributed by atoms with E-state index in [4.69, 9.17) is 17.2 Å². The number of amides is 4. The third-order valence-corrected chi connectivity index (χ3v) is 4.11. The van der Waals surface area contributed by atoms with E-state index in [1.54, 1.807) is 0 Å². The van der Waals surface area contributed by atoms with Crippen LogP contribution in [0, 0.1) is 0 Å². The molecule has 0 saturated carbocycles. The largest absolute Gasteiger partial charge is 0.369 e. The maximum atomic E-state index is 11.8. The monoisotopic (exact) mass is 368 g/mol. The molecule has 7 N–H and O–H groups in total. The van der Waals surface area contributed by atoms with Crippen LogP contribution in [-0.4, -0.2) is 43.3 Å². The molecule has 4 amide bonds. The Morgan fingerprint density at radius 1 is 1.12 bits per heavy atom. The van der Waals surface area contributed by atoms with Crippen molar-refractivity contribution in [2.75, 3.05) is 0 Å². The molecule has 1 atom stereocenters. The van der Waals surface area contributed by atoms with Gasteiger partial charge in [-0.05, 0) is 24.3 Å². The van der Waals surface area contributed by atoms with Crippen molar-refractivity contribution in [1.29, 1.82) is 0 Å². The number of benzene rings is 1. The minimum atomic E-state index is -4.05. The van der Waals surface area contributed by atoms with Gasteiger partial charge in [0.2, 0.25) is 12.0 Å². The molecule has 1 unspecified atom stereocenters. The second kappa shape index (κ2) is 6.52. The van der Waals surface area contributed by atoms with Gasteiger partial charge in [-0.3, -0.25) is 15.0 Å². The Hall–Kier alpha value is -3.55. The van der Waals surface area contributed by atoms with Gasteiger partial charge in [-0.1, -0.05) is 0 Å². The van der Waals surface area contributed by atoms with E-state index in [2.05, 4.69) is 14.6 Å². The van der Waals surface area contributed by atoms with Crippen LogP contribution in [0.15, 0.2) is 43.8 Å². The molecule has 2 rings (SSSR count). The Kier molecular flexibility index (Phi) is 4.64. The average molecular weight is 368 g/mol. The van der Waals surface area contributed by atoms with Crippen molar-refractivity contribution in [3.8, 4) is 0 Å². The third kappa shape index (κ3) is 3.86. The van der Waals surface area contributed by atoms with Crippen LogP contribution < -0.4 is 22.6 Å². The fraction of sp³-hybridized carbons (Fsp3) is 0.0909. The fourth-order valence-electron chi connectivity index (χ4n) is 1.73. The zero-order valence-corrected chi connectivity index (χ0v) is 13.2. The molecular formula is C11H12N8O5S. The molecule has 1 aliphatic heterocycles. The number of azo groups is 1. The molecule has 1 saturated heterocycles. The summed E-state index contributed by atoms with van der Waals surface area (Å²) in [7, 11) is -4.05. The van der Waals surface area contributed by atoms with Crippen molar-refractivity contribution in [2.45, 2.75) is 10.9 Å². The standard InChI is InChI=1S/C11H12N8O5S/c12-10(13)18-25(23,24)6-3-1-5(2-4-6)15-16-7-8(20)17-19(9(7)21)11(14)22/h1-4,7H,(H2,14,22)(H,17,20)(H4,12,13,18). The highest BCUT2D eigenvalue weighted by Gasteiger charge is 2.42. The van der Waals surface area contributed by atoms with Crippen molar-refractivity contribution in [3.63, 3.8) is 0 Å². The molecule has 0 spiro atoms. The van der Waals surface area contributed by atoms with Crippen LogP contribution in [0.5, 0.6) is 0 Å². The zero-order chi connectivity index (χ0) is 18.8. The predicted molar refractivity (Wildman–Crippen MR) is 82.3 cm³/mol. The third-order valence-electron chi connectivity index (χ3n) is 2.79. The number of hydrogen-bond donors (Lipinski definition) is 4. The first-order valence-electron chi connectivity index (χ1n) is 6.42. The number of primary amides is 1. The van der Waals surface area contributed by atoms with E-state index < -0.39 is 39.9 Å². The summed E-state index contributed by atoms with van der Waals surface area (Å²) in [6, 6.07) is 2.08. The van der Waals surface area contributed by atoms with Gasteiger partial charge >= 0.3 is 6.03 Å². The van der Waals surface area contributed by atoms with Gasteiger partial charge in [0.15, 0.2) is 0 Å². The Morgan fingerprint density at radius 2 is 1.72 bits per heavy atom. The summed E-state index contributed by atoms with van der Waals surface area (Å²) < 4.78 is 26.6. The normalized spacial score (nSPS) is 17.6. The van der Waals surface area contributed by atoms with Crippen LogP contribution in [0.3, 0.4) is 0 Å². The van der Waals surface area contributed by atoms with Crippen LogP contribution in [0.2, 0.25) is 0 Å². The number of hydrazine groups is 1. The van der Waals surface area contributed by atoms with Gasteiger partial charge in [0.25, 0.3) is 21.8 Å². The summed E-state index contributed by atoms with van der Waals surface area (Å²) in [6.07, 6.45) is 0. The van der Waals surface area contributed by atoms with Crippen LogP contribution in [0.25, 0.3) is 0 Å². The maximum absolute atomic E-state index is 11.8. The van der Waals surface area contributed by atoms with Gasteiger partial charge in [0.05, 0.1) is 10.6 Å². The Balaban J connectivity index is 2.18. The minimum absolute atomic E-state index is 0.141. The molecule has 1 heterocycles. The van der Waals surface area contributed by atoms with Gasteiger partial charge in [-0.25, -0.2) is 4.79 Å². The quantitative estimate of drug-likeness (QED) is 0.203. The summed E-state index contributed by atoms with van der Waals surface area (Å²) >= 11 is 0. The second-order valence-electron chi connectivity index (χ2n) is 4.59. The first-order chi connectivity index (χ1) is 11.6. The van der Waals surface area contributed by atoms with E-state index in [1.165, 1.54) is 12.1 Å². The van der Waals surface area contributed by atoms with Crippen LogP contribution >= 0.6 is 0 Å².